The van der Waals surface area contributed by atoms with Gasteiger partial charge in [0.25, 0.3) is 0 Å². The molecule has 0 amide bonds. The summed E-state index contributed by atoms with van der Waals surface area (Å²) in [4.78, 5) is 11.6. The summed E-state index contributed by atoms with van der Waals surface area (Å²) in [6, 6.07) is 20.5. The van der Waals surface area contributed by atoms with Gasteiger partial charge in [-0.2, -0.15) is 0 Å². The first kappa shape index (κ1) is 15.4. The SMILES string of the molecule is O=C(O)C(Cc1cccc2ccccc12)Oc1ccc(Cl)cc1. The Balaban J connectivity index is 1.87. The Bertz CT molecular complexity index is 822. The van der Waals surface area contributed by atoms with Gasteiger partial charge in [0.1, 0.15) is 5.75 Å². The van der Waals surface area contributed by atoms with Crippen molar-refractivity contribution < 1.29 is 14.6 Å². The predicted octanol–water partition coefficient (Wildman–Crippen LogP) is 4.57. The average molecular weight is 327 g/mol. The monoisotopic (exact) mass is 326 g/mol. The number of aliphatic carboxylic acids is 1. The molecule has 3 nitrogen and oxygen atoms in total. The van der Waals surface area contributed by atoms with Crippen LogP contribution in [-0.2, 0) is 11.2 Å². The zero-order valence-electron chi connectivity index (χ0n) is 12.3. The van der Waals surface area contributed by atoms with Gasteiger partial charge in [-0.3, -0.25) is 0 Å². The van der Waals surface area contributed by atoms with Crippen molar-refractivity contribution in [2.45, 2.75) is 12.5 Å². The molecule has 1 unspecified atom stereocenters. The Kier molecular flexibility index (Phi) is 4.49. The molecule has 3 aromatic rings. The summed E-state index contributed by atoms with van der Waals surface area (Å²) < 4.78 is 5.63. The van der Waals surface area contributed by atoms with Gasteiger partial charge in [-0.15, -0.1) is 0 Å². The Labute approximate surface area is 139 Å². The van der Waals surface area contributed by atoms with Gasteiger partial charge in [0.05, 0.1) is 0 Å². The number of carboxylic acid groups (broad SMARTS) is 1. The van der Waals surface area contributed by atoms with Crippen molar-refractivity contribution in [1.29, 1.82) is 0 Å². The van der Waals surface area contributed by atoms with E-state index in [0.29, 0.717) is 17.2 Å². The van der Waals surface area contributed by atoms with E-state index in [0.717, 1.165) is 16.3 Å². The first-order chi connectivity index (χ1) is 11.1. The van der Waals surface area contributed by atoms with Crippen molar-refractivity contribution in [2.75, 3.05) is 0 Å². The van der Waals surface area contributed by atoms with Crippen LogP contribution < -0.4 is 4.74 Å². The molecule has 3 aromatic carbocycles. The Morgan fingerprint density at radius 3 is 2.43 bits per heavy atom. The fourth-order valence-electron chi connectivity index (χ4n) is 2.53. The van der Waals surface area contributed by atoms with Crippen LogP contribution in [0.5, 0.6) is 5.75 Å². The van der Waals surface area contributed by atoms with Crippen LogP contribution in [0.15, 0.2) is 66.7 Å². The van der Waals surface area contributed by atoms with E-state index in [1.807, 2.05) is 42.5 Å². The van der Waals surface area contributed by atoms with Crippen molar-refractivity contribution >= 4 is 28.3 Å². The van der Waals surface area contributed by atoms with E-state index in [9.17, 15) is 9.90 Å². The Morgan fingerprint density at radius 2 is 1.70 bits per heavy atom. The summed E-state index contributed by atoms with van der Waals surface area (Å²) in [5, 5.41) is 12.2. The summed E-state index contributed by atoms with van der Waals surface area (Å²) >= 11 is 5.83. The largest absolute Gasteiger partial charge is 0.478 e. The van der Waals surface area contributed by atoms with E-state index in [1.165, 1.54) is 0 Å². The molecule has 0 heterocycles. The number of ether oxygens (including phenoxy) is 1. The number of fused-ring (bicyclic) bond motifs is 1. The number of carbonyl (C=O) groups is 1. The van der Waals surface area contributed by atoms with Crippen molar-refractivity contribution in [2.24, 2.45) is 0 Å². The minimum atomic E-state index is -0.993. The molecule has 0 aliphatic rings. The topological polar surface area (TPSA) is 46.5 Å². The highest BCUT2D eigenvalue weighted by molar-refractivity contribution is 6.30. The number of hydrogen-bond donors (Lipinski definition) is 1. The van der Waals surface area contributed by atoms with Crippen LogP contribution in [0.1, 0.15) is 5.56 Å². The zero-order valence-corrected chi connectivity index (χ0v) is 13.0. The normalized spacial score (nSPS) is 12.0. The standard InChI is InChI=1S/C19H15ClO3/c20-15-8-10-16(11-9-15)23-18(19(21)22)12-14-6-3-5-13-4-1-2-7-17(13)14/h1-11,18H,12H2,(H,21,22). The fourth-order valence-corrected chi connectivity index (χ4v) is 2.65. The zero-order chi connectivity index (χ0) is 16.2. The smallest absolute Gasteiger partial charge is 0.345 e. The quantitative estimate of drug-likeness (QED) is 0.747. The van der Waals surface area contributed by atoms with Crippen molar-refractivity contribution in [1.82, 2.24) is 0 Å². The Hall–Kier alpha value is -2.52. The Morgan fingerprint density at radius 1 is 1.00 bits per heavy atom. The molecule has 116 valence electrons. The van der Waals surface area contributed by atoms with Gasteiger partial charge < -0.3 is 9.84 Å². The second kappa shape index (κ2) is 6.71. The number of rotatable bonds is 5. The van der Waals surface area contributed by atoms with Gasteiger partial charge in [0, 0.05) is 11.4 Å². The predicted molar refractivity (Wildman–Crippen MR) is 91.2 cm³/mol. The molecule has 0 spiro atoms. The molecule has 0 radical (unpaired) electrons. The molecule has 23 heavy (non-hydrogen) atoms. The van der Waals surface area contributed by atoms with Gasteiger partial charge in [-0.1, -0.05) is 54.1 Å². The van der Waals surface area contributed by atoms with E-state index in [-0.39, 0.29) is 0 Å². The van der Waals surface area contributed by atoms with Gasteiger partial charge in [0.15, 0.2) is 6.10 Å². The van der Waals surface area contributed by atoms with E-state index in [1.54, 1.807) is 24.3 Å². The lowest BCUT2D eigenvalue weighted by molar-refractivity contribution is -0.145. The number of hydrogen-bond acceptors (Lipinski definition) is 2. The van der Waals surface area contributed by atoms with Gasteiger partial charge in [0.2, 0.25) is 0 Å². The lowest BCUT2D eigenvalue weighted by Crippen LogP contribution is -2.29. The first-order valence-corrected chi connectivity index (χ1v) is 7.63. The summed E-state index contributed by atoms with van der Waals surface area (Å²) in [5.41, 5.74) is 0.949. The molecule has 3 rings (SSSR count). The maximum absolute atomic E-state index is 11.6. The molecule has 0 saturated heterocycles. The maximum atomic E-state index is 11.6. The van der Waals surface area contributed by atoms with E-state index >= 15 is 0 Å². The van der Waals surface area contributed by atoms with Gasteiger partial charge in [-0.25, -0.2) is 4.79 Å². The minimum absolute atomic E-state index is 0.291. The molecule has 0 aromatic heterocycles. The van der Waals surface area contributed by atoms with Crippen molar-refractivity contribution in [3.05, 3.63) is 77.3 Å². The highest BCUT2D eigenvalue weighted by Crippen LogP contribution is 2.22. The molecule has 4 heteroatoms. The fraction of sp³-hybridized carbons (Fsp3) is 0.105. The summed E-state index contributed by atoms with van der Waals surface area (Å²) in [6.45, 7) is 0. The van der Waals surface area contributed by atoms with Crippen LogP contribution in [0.3, 0.4) is 0 Å². The lowest BCUT2D eigenvalue weighted by atomic mass is 10.00. The van der Waals surface area contributed by atoms with Crippen LogP contribution in [0, 0.1) is 0 Å². The van der Waals surface area contributed by atoms with E-state index in [2.05, 4.69) is 0 Å². The highest BCUT2D eigenvalue weighted by Gasteiger charge is 2.21. The number of benzene rings is 3. The average Bonchev–Trinajstić information content (AvgIpc) is 2.56. The molecular formula is C19H15ClO3. The summed E-state index contributed by atoms with van der Waals surface area (Å²) in [7, 11) is 0. The highest BCUT2D eigenvalue weighted by atomic mass is 35.5. The van der Waals surface area contributed by atoms with Crippen molar-refractivity contribution in [3.63, 3.8) is 0 Å². The third-order valence-corrected chi connectivity index (χ3v) is 3.90. The molecule has 1 N–H and O–H groups in total. The van der Waals surface area contributed by atoms with Crippen LogP contribution in [-0.4, -0.2) is 17.2 Å². The molecule has 1 atom stereocenters. The van der Waals surface area contributed by atoms with Crippen LogP contribution in [0.2, 0.25) is 5.02 Å². The third kappa shape index (κ3) is 3.63. The second-order valence-corrected chi connectivity index (χ2v) is 5.68. The molecule has 0 aliphatic carbocycles. The minimum Gasteiger partial charge on any atom is -0.478 e. The van der Waals surface area contributed by atoms with Crippen LogP contribution >= 0.6 is 11.6 Å². The lowest BCUT2D eigenvalue weighted by Gasteiger charge is -2.16. The summed E-state index contributed by atoms with van der Waals surface area (Å²) in [6.07, 6.45) is -0.666. The molecular weight excluding hydrogens is 312 g/mol. The van der Waals surface area contributed by atoms with Crippen LogP contribution in [0.25, 0.3) is 10.8 Å². The van der Waals surface area contributed by atoms with Crippen molar-refractivity contribution in [3.8, 4) is 5.75 Å². The number of halogens is 1. The van der Waals surface area contributed by atoms with Gasteiger partial charge >= 0.3 is 5.97 Å². The van der Waals surface area contributed by atoms with Gasteiger partial charge in [-0.05, 0) is 40.6 Å². The summed E-state index contributed by atoms with van der Waals surface area (Å²) in [5.74, 6) is -0.505. The van der Waals surface area contributed by atoms with E-state index < -0.39 is 12.1 Å². The molecule has 0 bridgehead atoms. The van der Waals surface area contributed by atoms with E-state index in [4.69, 9.17) is 16.3 Å². The molecule has 0 fully saturated rings. The first-order valence-electron chi connectivity index (χ1n) is 7.25. The molecule has 0 aliphatic heterocycles. The van der Waals surface area contributed by atoms with Crippen LogP contribution in [0.4, 0.5) is 0 Å². The second-order valence-electron chi connectivity index (χ2n) is 5.24. The molecule has 0 saturated carbocycles. The number of carboxylic acids is 1. The maximum Gasteiger partial charge on any atom is 0.345 e. The third-order valence-electron chi connectivity index (χ3n) is 3.65.